The van der Waals surface area contributed by atoms with Crippen LogP contribution in [0.25, 0.3) is 77.2 Å². The van der Waals surface area contributed by atoms with Crippen LogP contribution >= 0.6 is 0 Å². The summed E-state index contributed by atoms with van der Waals surface area (Å²) < 4.78 is 4.76. The average Bonchev–Trinajstić information content (AvgIpc) is 3.88. The molecule has 0 aliphatic carbocycles. The Morgan fingerprint density at radius 1 is 0.397 bits per heavy atom. The smallest absolute Gasteiger partial charge is 0.161 e. The first kappa shape index (κ1) is 37.6. The summed E-state index contributed by atoms with van der Waals surface area (Å²) in [7, 11) is 0. The minimum absolute atomic E-state index is 0.503. The van der Waals surface area contributed by atoms with Crippen molar-refractivity contribution in [2.75, 3.05) is 0 Å². The Morgan fingerprint density at radius 3 is 1.76 bits per heavy atom. The van der Waals surface area contributed by atoms with Gasteiger partial charge in [0.2, 0.25) is 0 Å². The lowest BCUT2D eigenvalue weighted by atomic mass is 9.97. The molecule has 9 aromatic carbocycles. The van der Waals surface area contributed by atoms with Crippen molar-refractivity contribution in [1.82, 2.24) is 9.13 Å². The maximum Gasteiger partial charge on any atom is 0.161 e. The van der Waals surface area contributed by atoms with Crippen molar-refractivity contribution in [3.63, 3.8) is 0 Å². The molecule has 5 heteroatoms. The average molecular weight is 808 g/mol. The van der Waals surface area contributed by atoms with E-state index in [4.69, 9.17) is 9.98 Å². The first-order chi connectivity index (χ1) is 31.2. The van der Waals surface area contributed by atoms with Crippen molar-refractivity contribution >= 4 is 62.0 Å². The molecular weight excluding hydrogens is 767 g/mol. The molecule has 2 heterocycles. The van der Waals surface area contributed by atoms with Gasteiger partial charge in [0.15, 0.2) is 11.7 Å². The number of hydrogen-bond acceptors (Lipinski definition) is 1. The number of para-hydroxylation sites is 3. The van der Waals surface area contributed by atoms with E-state index >= 15 is 0 Å². The molecule has 0 unspecified atom stereocenters. The van der Waals surface area contributed by atoms with Crippen molar-refractivity contribution < 1.29 is 0 Å². The van der Waals surface area contributed by atoms with Gasteiger partial charge in [-0.3, -0.25) is 4.99 Å². The predicted molar refractivity (Wildman–Crippen MR) is 265 cm³/mol. The molecule has 0 radical (unpaired) electrons. The van der Waals surface area contributed by atoms with Crippen LogP contribution in [0.4, 0.5) is 0 Å². The Labute approximate surface area is 365 Å². The maximum absolute atomic E-state index is 5.05. The van der Waals surface area contributed by atoms with Crippen LogP contribution in [0.1, 0.15) is 16.7 Å². The molecule has 11 rings (SSSR count). The number of aromatic nitrogens is 2. The quantitative estimate of drug-likeness (QED) is 0.108. The van der Waals surface area contributed by atoms with Gasteiger partial charge in [-0.2, -0.15) is 0 Å². The van der Waals surface area contributed by atoms with Gasteiger partial charge >= 0.3 is 0 Å². The molecule has 0 aliphatic heterocycles. The number of rotatable bonds is 8. The molecule has 0 N–H and O–H groups in total. The Morgan fingerprint density at radius 2 is 0.968 bits per heavy atom. The summed E-state index contributed by atoms with van der Waals surface area (Å²) in [4.78, 5) is 14.5. The lowest BCUT2D eigenvalue weighted by molar-refractivity contribution is 1.06. The van der Waals surface area contributed by atoms with Gasteiger partial charge < -0.3 is 9.13 Å². The minimum Gasteiger partial charge on any atom is -0.309 e. The van der Waals surface area contributed by atoms with Crippen LogP contribution < -0.4 is 0 Å². The van der Waals surface area contributed by atoms with E-state index in [-0.39, 0.29) is 0 Å². The van der Waals surface area contributed by atoms with Crippen LogP contribution in [0.2, 0.25) is 0 Å². The highest BCUT2D eigenvalue weighted by Gasteiger charge is 2.18. The number of aliphatic imine (C=N–C) groups is 3. The van der Waals surface area contributed by atoms with Gasteiger partial charge in [0, 0.05) is 44.0 Å². The van der Waals surface area contributed by atoms with Crippen LogP contribution in [-0.2, 0) is 6.54 Å². The molecule has 298 valence electrons. The summed E-state index contributed by atoms with van der Waals surface area (Å²) in [5.41, 5.74) is 14.3. The monoisotopic (exact) mass is 807 g/mol. The summed E-state index contributed by atoms with van der Waals surface area (Å²) in [5, 5.41) is 4.84. The third kappa shape index (κ3) is 6.92. The van der Waals surface area contributed by atoms with Gasteiger partial charge in [0.1, 0.15) is 0 Å². The second kappa shape index (κ2) is 16.2. The van der Waals surface area contributed by atoms with Crippen molar-refractivity contribution in [1.29, 1.82) is 0 Å². The first-order valence-corrected chi connectivity index (χ1v) is 21.2. The molecule has 0 atom stereocenters. The zero-order valence-electron chi connectivity index (χ0n) is 34.5. The zero-order valence-corrected chi connectivity index (χ0v) is 34.5. The third-order valence-corrected chi connectivity index (χ3v) is 11.9. The lowest BCUT2D eigenvalue weighted by Crippen LogP contribution is -2.05. The van der Waals surface area contributed by atoms with Gasteiger partial charge in [0.05, 0.1) is 28.6 Å². The normalized spacial score (nSPS) is 12.1. The van der Waals surface area contributed by atoms with E-state index in [9.17, 15) is 0 Å². The summed E-state index contributed by atoms with van der Waals surface area (Å²) in [6.07, 6.45) is 0. The molecule has 0 amide bonds. The molecule has 0 fully saturated rings. The van der Waals surface area contributed by atoms with E-state index in [1.54, 1.807) is 0 Å². The van der Waals surface area contributed by atoms with E-state index in [2.05, 4.69) is 191 Å². The fourth-order valence-corrected chi connectivity index (χ4v) is 9.02. The number of fused-ring (bicyclic) bond motifs is 6. The number of nitrogens with zero attached hydrogens (tertiary/aromatic N) is 5. The minimum atomic E-state index is 0.503. The molecule has 0 aliphatic rings. The summed E-state index contributed by atoms with van der Waals surface area (Å²) in [6, 6.07) is 79.1. The van der Waals surface area contributed by atoms with Crippen molar-refractivity contribution in [2.24, 2.45) is 15.0 Å². The summed E-state index contributed by atoms with van der Waals surface area (Å²) in [5.74, 6) is 1.13. The number of benzene rings is 9. The third-order valence-electron chi connectivity index (χ3n) is 11.9. The topological polar surface area (TPSA) is 46.9 Å². The molecule has 0 bridgehead atoms. The second-order valence-corrected chi connectivity index (χ2v) is 15.7. The lowest BCUT2D eigenvalue weighted by Gasteiger charge is -2.12. The van der Waals surface area contributed by atoms with Gasteiger partial charge in [-0.05, 0) is 95.2 Å². The molecule has 11 aromatic rings. The Bertz CT molecular complexity index is 3540. The number of amidine groups is 2. The van der Waals surface area contributed by atoms with Gasteiger partial charge in [-0.25, -0.2) is 9.98 Å². The molecule has 0 saturated heterocycles. The Kier molecular flexibility index (Phi) is 9.68. The molecule has 5 nitrogen and oxygen atoms in total. The van der Waals surface area contributed by atoms with E-state index in [1.807, 2.05) is 54.6 Å². The van der Waals surface area contributed by atoms with E-state index in [0.717, 1.165) is 55.8 Å². The highest BCUT2D eigenvalue weighted by molar-refractivity contribution is 6.17. The fourth-order valence-electron chi connectivity index (χ4n) is 9.02. The highest BCUT2D eigenvalue weighted by Crippen LogP contribution is 2.40. The fraction of sp³-hybridized carbons (Fsp3) is 0.0172. The second-order valence-electron chi connectivity index (χ2n) is 15.7. The molecule has 0 spiro atoms. The van der Waals surface area contributed by atoms with Crippen LogP contribution in [0.15, 0.2) is 239 Å². The maximum atomic E-state index is 5.05. The van der Waals surface area contributed by atoms with E-state index in [0.29, 0.717) is 18.2 Å². The van der Waals surface area contributed by atoms with Crippen molar-refractivity contribution in [3.05, 3.63) is 241 Å². The zero-order chi connectivity index (χ0) is 42.1. The van der Waals surface area contributed by atoms with Gasteiger partial charge in [-0.1, -0.05) is 164 Å². The van der Waals surface area contributed by atoms with Gasteiger partial charge in [0.25, 0.3) is 0 Å². The van der Waals surface area contributed by atoms with Crippen LogP contribution in [0, 0.1) is 0 Å². The SMILES string of the molecule is C=NC(=NC(=NCc1ccccc1)c1ccccc1)c1cccc(-c2cccc3c2c2ccccc2n3-c2cccc(-c3ccc4c(c3)c3ccccc3n4-c3ccccc3)c2)c1. The van der Waals surface area contributed by atoms with Crippen LogP contribution in [0.3, 0.4) is 0 Å². The first-order valence-electron chi connectivity index (χ1n) is 21.2. The standard InChI is InChI=1S/C58H41N5/c1-59-57(61-58(41-20-7-3-8-21-41)60-39-40-18-5-2-6-19-40)45-24-15-23-44(36-45)48-30-17-33-55-56(48)50-29-12-14-32-53(50)63(55)47-27-16-22-42(37-47)43-34-35-54-51(38-43)49-28-11-13-31-52(49)62(54)46-25-9-4-10-26-46/h2-38H,1,39H2. The van der Waals surface area contributed by atoms with Crippen LogP contribution in [-0.4, -0.2) is 27.5 Å². The molecule has 2 aromatic heterocycles. The van der Waals surface area contributed by atoms with Crippen molar-refractivity contribution in [2.45, 2.75) is 6.54 Å². The Hall–Kier alpha value is -8.41. The summed E-state index contributed by atoms with van der Waals surface area (Å²) >= 11 is 0. The van der Waals surface area contributed by atoms with E-state index < -0.39 is 0 Å². The predicted octanol–water partition coefficient (Wildman–Crippen LogP) is 14.3. The molecule has 0 saturated carbocycles. The Balaban J connectivity index is 1.00. The van der Waals surface area contributed by atoms with Crippen LogP contribution in [0.5, 0.6) is 0 Å². The van der Waals surface area contributed by atoms with E-state index in [1.165, 1.54) is 38.1 Å². The van der Waals surface area contributed by atoms with Crippen molar-refractivity contribution in [3.8, 4) is 33.6 Å². The number of hydrogen-bond donors (Lipinski definition) is 0. The molecular formula is C58H41N5. The highest BCUT2D eigenvalue weighted by atomic mass is 15.0. The van der Waals surface area contributed by atoms with Gasteiger partial charge in [-0.15, -0.1) is 0 Å². The molecule has 63 heavy (non-hydrogen) atoms. The summed E-state index contributed by atoms with van der Waals surface area (Å²) in [6.45, 7) is 4.47. The largest absolute Gasteiger partial charge is 0.309 e.